The third kappa shape index (κ3) is 4.64. The average molecular weight is 510 g/mol. The number of carbonyl (C=O) groups excluding carboxylic acids is 1. The molecule has 33 heavy (non-hydrogen) atoms. The molecular formula is C26H25BrFN3O2. The molecule has 0 saturated carbocycles. The van der Waals surface area contributed by atoms with E-state index in [1.165, 1.54) is 12.1 Å². The van der Waals surface area contributed by atoms with Crippen LogP contribution >= 0.6 is 15.9 Å². The zero-order valence-corrected chi connectivity index (χ0v) is 20.6. The maximum Gasteiger partial charge on any atom is 0.255 e. The van der Waals surface area contributed by atoms with Gasteiger partial charge >= 0.3 is 0 Å². The molecule has 0 aromatic heterocycles. The number of nitrogens with zero attached hydrogens (tertiary/aromatic N) is 3. The summed E-state index contributed by atoms with van der Waals surface area (Å²) in [5.41, 5.74) is 4.63. The van der Waals surface area contributed by atoms with E-state index in [0.29, 0.717) is 17.8 Å². The SMILES string of the molecule is COc1ccc(CN2C(=O)c3cc(Br)cc(/N=C/N(C)C)c3C2c2cc(F)ccc2C)cc1. The van der Waals surface area contributed by atoms with Crippen molar-refractivity contribution in [1.29, 1.82) is 0 Å². The number of amides is 1. The van der Waals surface area contributed by atoms with Gasteiger partial charge in [0.25, 0.3) is 5.91 Å². The highest BCUT2D eigenvalue weighted by atomic mass is 79.9. The lowest BCUT2D eigenvalue weighted by molar-refractivity contribution is 0.0735. The predicted molar refractivity (Wildman–Crippen MR) is 132 cm³/mol. The van der Waals surface area contributed by atoms with E-state index in [2.05, 4.69) is 20.9 Å². The smallest absolute Gasteiger partial charge is 0.255 e. The fourth-order valence-electron chi connectivity index (χ4n) is 4.10. The third-order valence-corrected chi connectivity index (χ3v) is 6.13. The van der Waals surface area contributed by atoms with Gasteiger partial charge in [0.1, 0.15) is 11.6 Å². The molecule has 0 bridgehead atoms. The fraction of sp³-hybridized carbons (Fsp3) is 0.231. The van der Waals surface area contributed by atoms with E-state index in [9.17, 15) is 9.18 Å². The molecule has 1 atom stereocenters. The highest BCUT2D eigenvalue weighted by Crippen LogP contribution is 2.46. The molecule has 4 rings (SSSR count). The summed E-state index contributed by atoms with van der Waals surface area (Å²) in [6.07, 6.45) is 1.70. The molecule has 3 aromatic rings. The van der Waals surface area contributed by atoms with Crippen LogP contribution in [0.25, 0.3) is 0 Å². The first-order chi connectivity index (χ1) is 15.8. The van der Waals surface area contributed by atoms with E-state index in [1.807, 2.05) is 62.3 Å². The third-order valence-electron chi connectivity index (χ3n) is 5.67. The largest absolute Gasteiger partial charge is 0.497 e. The number of fused-ring (bicyclic) bond motifs is 1. The van der Waals surface area contributed by atoms with Crippen LogP contribution in [0.3, 0.4) is 0 Å². The highest BCUT2D eigenvalue weighted by molar-refractivity contribution is 9.10. The summed E-state index contributed by atoms with van der Waals surface area (Å²) in [4.78, 5) is 21.9. The number of carbonyl (C=O) groups is 1. The zero-order chi connectivity index (χ0) is 23.7. The molecule has 170 valence electrons. The molecule has 1 unspecified atom stereocenters. The van der Waals surface area contributed by atoms with E-state index >= 15 is 0 Å². The molecule has 3 aromatic carbocycles. The van der Waals surface area contributed by atoms with E-state index < -0.39 is 6.04 Å². The van der Waals surface area contributed by atoms with Crippen molar-refractivity contribution < 1.29 is 13.9 Å². The van der Waals surface area contributed by atoms with Crippen LogP contribution in [-0.4, -0.2) is 43.3 Å². The van der Waals surface area contributed by atoms with E-state index in [1.54, 1.807) is 24.4 Å². The Kier molecular flexibility index (Phi) is 6.51. The normalized spacial score (nSPS) is 15.3. The Morgan fingerprint density at radius 3 is 2.55 bits per heavy atom. The number of aliphatic imine (C=N–C) groups is 1. The van der Waals surface area contributed by atoms with Crippen molar-refractivity contribution in [3.8, 4) is 5.75 Å². The van der Waals surface area contributed by atoms with Gasteiger partial charge in [-0.25, -0.2) is 9.38 Å². The van der Waals surface area contributed by atoms with Crippen LogP contribution in [0.2, 0.25) is 0 Å². The minimum atomic E-state index is -0.465. The maximum atomic E-state index is 14.4. The molecule has 0 fully saturated rings. The van der Waals surface area contributed by atoms with Gasteiger partial charge in [0.15, 0.2) is 0 Å². The first-order valence-electron chi connectivity index (χ1n) is 10.5. The number of hydrogen-bond donors (Lipinski definition) is 0. The molecule has 1 amide bonds. The van der Waals surface area contributed by atoms with Crippen LogP contribution in [0.4, 0.5) is 10.1 Å². The molecule has 0 spiro atoms. The monoisotopic (exact) mass is 509 g/mol. The predicted octanol–water partition coefficient (Wildman–Crippen LogP) is 5.87. The Morgan fingerprint density at radius 1 is 1.15 bits per heavy atom. The Hall–Kier alpha value is -3.19. The molecule has 1 aliphatic heterocycles. The van der Waals surface area contributed by atoms with Gasteiger partial charge in [-0.05, 0) is 60.0 Å². The Morgan fingerprint density at radius 2 is 1.88 bits per heavy atom. The van der Waals surface area contributed by atoms with Crippen LogP contribution in [0.5, 0.6) is 5.75 Å². The van der Waals surface area contributed by atoms with Gasteiger partial charge < -0.3 is 14.5 Å². The van der Waals surface area contributed by atoms with Gasteiger partial charge in [0.2, 0.25) is 0 Å². The lowest BCUT2D eigenvalue weighted by atomic mass is 9.93. The van der Waals surface area contributed by atoms with Gasteiger partial charge in [0.05, 0.1) is 25.2 Å². The summed E-state index contributed by atoms with van der Waals surface area (Å²) in [5.74, 6) is 0.296. The lowest BCUT2D eigenvalue weighted by Gasteiger charge is -2.28. The van der Waals surface area contributed by atoms with Crippen LogP contribution in [0.15, 0.2) is 64.1 Å². The molecule has 0 saturated heterocycles. The Labute approximate surface area is 201 Å². The molecule has 1 aliphatic rings. The second kappa shape index (κ2) is 9.35. The minimum absolute atomic E-state index is 0.114. The van der Waals surface area contributed by atoms with E-state index in [4.69, 9.17) is 4.74 Å². The highest BCUT2D eigenvalue weighted by Gasteiger charge is 2.40. The fourth-order valence-corrected chi connectivity index (χ4v) is 4.55. The second-order valence-electron chi connectivity index (χ2n) is 8.28. The van der Waals surface area contributed by atoms with Gasteiger partial charge in [-0.3, -0.25) is 4.79 Å². The van der Waals surface area contributed by atoms with Gasteiger partial charge in [-0.2, -0.15) is 0 Å². The van der Waals surface area contributed by atoms with Crippen LogP contribution in [0.1, 0.15) is 38.7 Å². The van der Waals surface area contributed by atoms with Crippen LogP contribution < -0.4 is 4.74 Å². The number of ether oxygens (including phenoxy) is 1. The maximum absolute atomic E-state index is 14.4. The summed E-state index contributed by atoms with van der Waals surface area (Å²) >= 11 is 3.52. The Bertz CT molecular complexity index is 1220. The van der Waals surface area contributed by atoms with E-state index in [0.717, 1.165) is 32.5 Å². The standard InChI is InChI=1S/C26H25BrFN3O2/c1-16-5-8-19(28)13-21(16)25-24-22(11-18(27)12-23(24)29-15-30(2)3)26(32)31(25)14-17-6-9-20(33-4)10-7-17/h5-13,15,25H,14H2,1-4H3/b29-15+. The summed E-state index contributed by atoms with van der Waals surface area (Å²) in [5, 5.41) is 0. The number of halogens is 2. The van der Waals surface area contributed by atoms with Crippen molar-refractivity contribution in [2.75, 3.05) is 21.2 Å². The molecule has 0 radical (unpaired) electrons. The van der Waals surface area contributed by atoms with Crippen LogP contribution in [-0.2, 0) is 6.54 Å². The summed E-state index contributed by atoms with van der Waals surface area (Å²) in [6.45, 7) is 2.30. The zero-order valence-electron chi connectivity index (χ0n) is 19.0. The number of benzene rings is 3. The van der Waals surface area contributed by atoms with Gasteiger partial charge in [0, 0.05) is 36.2 Å². The quantitative estimate of drug-likeness (QED) is 0.308. The van der Waals surface area contributed by atoms with Crippen LogP contribution in [0, 0.1) is 12.7 Å². The molecule has 0 N–H and O–H groups in total. The van der Waals surface area contributed by atoms with Crippen molar-refractivity contribution in [2.24, 2.45) is 4.99 Å². The summed E-state index contributed by atoms with van der Waals surface area (Å²) in [7, 11) is 5.39. The van der Waals surface area contributed by atoms with Crippen molar-refractivity contribution >= 4 is 33.9 Å². The Balaban J connectivity index is 1.89. The molecule has 5 nitrogen and oxygen atoms in total. The van der Waals surface area contributed by atoms with Gasteiger partial charge in [-0.1, -0.05) is 34.1 Å². The van der Waals surface area contributed by atoms with E-state index in [-0.39, 0.29) is 11.7 Å². The number of hydrogen-bond acceptors (Lipinski definition) is 3. The number of rotatable bonds is 6. The average Bonchev–Trinajstić information content (AvgIpc) is 3.05. The number of aryl methyl sites for hydroxylation is 1. The molecule has 1 heterocycles. The lowest BCUT2D eigenvalue weighted by Crippen LogP contribution is -2.28. The van der Waals surface area contributed by atoms with Crippen molar-refractivity contribution in [2.45, 2.75) is 19.5 Å². The number of methoxy groups -OCH3 is 1. The summed E-state index contributed by atoms with van der Waals surface area (Å²) < 4.78 is 20.4. The first-order valence-corrected chi connectivity index (χ1v) is 11.3. The first kappa shape index (κ1) is 23.0. The molecular weight excluding hydrogens is 485 g/mol. The molecule has 7 heteroatoms. The second-order valence-corrected chi connectivity index (χ2v) is 9.19. The van der Waals surface area contributed by atoms with Gasteiger partial charge in [-0.15, -0.1) is 0 Å². The molecule has 0 aliphatic carbocycles. The summed E-state index contributed by atoms with van der Waals surface area (Å²) in [6, 6.07) is 15.6. The van der Waals surface area contributed by atoms with Crippen molar-refractivity contribution in [3.05, 3.63) is 92.7 Å². The van der Waals surface area contributed by atoms with Crippen molar-refractivity contribution in [3.63, 3.8) is 0 Å². The minimum Gasteiger partial charge on any atom is -0.497 e. The topological polar surface area (TPSA) is 45.1 Å². The van der Waals surface area contributed by atoms with Crippen molar-refractivity contribution in [1.82, 2.24) is 9.80 Å².